The van der Waals surface area contributed by atoms with E-state index in [1.54, 1.807) is 0 Å². The molecule has 0 spiro atoms. The van der Waals surface area contributed by atoms with Gasteiger partial charge in [0, 0.05) is 0 Å². The Morgan fingerprint density at radius 2 is 0.556 bits per heavy atom. The molecule has 6 nitrogen and oxygen atoms in total. The summed E-state index contributed by atoms with van der Waals surface area (Å²) in [5.41, 5.74) is 0. The maximum atomic E-state index is 3.00. The van der Waals surface area contributed by atoms with Gasteiger partial charge < -0.3 is 36.9 Å². The molecule has 0 bridgehead atoms. The Labute approximate surface area is 76.1 Å². The summed E-state index contributed by atoms with van der Waals surface area (Å²) in [6.45, 7) is 0. The van der Waals surface area contributed by atoms with E-state index in [4.69, 9.17) is 0 Å². The number of hydrogen-bond acceptors (Lipinski definition) is 6. The molecule has 0 atom stereocenters. The molecule has 72 valence electrons. The van der Waals surface area contributed by atoms with Crippen LogP contribution < -0.4 is 36.9 Å². The van der Waals surface area contributed by atoms with Crippen molar-refractivity contribution in [1.82, 2.24) is 36.9 Å². The van der Waals surface area contributed by atoms with Gasteiger partial charge >= 0.3 is 39.3 Å². The van der Waals surface area contributed by atoms with Crippen molar-refractivity contribution < 1.29 is 10.9 Å². The van der Waals surface area contributed by atoms with Crippen molar-refractivity contribution in [1.29, 1.82) is 0 Å². The molecule has 0 saturated carbocycles. The van der Waals surface area contributed by atoms with Gasteiger partial charge in [-0.3, -0.25) is 0 Å². The minimum atomic E-state index is 0. The molecule has 9 heteroatoms. The van der Waals surface area contributed by atoms with Crippen LogP contribution in [0.4, 0.5) is 0 Å². The van der Waals surface area contributed by atoms with E-state index >= 15 is 0 Å². The Morgan fingerprint density at radius 3 is 0.556 bits per heavy atom. The number of hydrogen-bond donors (Lipinski definition) is 6. The summed E-state index contributed by atoms with van der Waals surface area (Å²) >= 11 is 6.00. The van der Waals surface area contributed by atoms with Gasteiger partial charge in [0.05, 0.1) is 0 Å². The van der Waals surface area contributed by atoms with Crippen LogP contribution in [0.1, 0.15) is 0 Å². The average molecular weight is 321 g/mol. The van der Waals surface area contributed by atoms with Crippen LogP contribution in [0.15, 0.2) is 0 Å². The first-order valence-corrected chi connectivity index (χ1v) is 5.12. The van der Waals surface area contributed by atoms with E-state index in [0.717, 1.165) is 0 Å². The topological polar surface area (TPSA) is 210 Å². The molecule has 18 N–H and O–H groups in total. The molecule has 0 saturated heterocycles. The Bertz CT molecular complexity index is 11.0. The minimum absolute atomic E-state index is 0. The third-order valence-corrected chi connectivity index (χ3v) is 0. The molecule has 0 aromatic heterocycles. The van der Waals surface area contributed by atoms with Gasteiger partial charge in [0.25, 0.3) is 0 Å². The van der Waals surface area contributed by atoms with Gasteiger partial charge in [-0.25, -0.2) is 0 Å². The maximum absolute atomic E-state index is 3.00. The molecule has 0 rings (SSSR count). The summed E-state index contributed by atoms with van der Waals surface area (Å²) in [6, 6.07) is 0. The molecule has 0 aliphatic heterocycles. The summed E-state index contributed by atoms with van der Waals surface area (Å²) < 4.78 is 0. The summed E-state index contributed by atoms with van der Waals surface area (Å²) in [7, 11) is 1.25. The van der Waals surface area contributed by atoms with Gasteiger partial charge in [-0.05, 0) is 0 Å². The monoisotopic (exact) mass is 318 g/mol. The zero-order chi connectivity index (χ0) is 2.71. The number of rotatable bonds is 0. The Balaban J connectivity index is -0.00000000133. The third kappa shape index (κ3) is 326. The van der Waals surface area contributed by atoms with Crippen LogP contribution in [0.3, 0.4) is 0 Å². The van der Waals surface area contributed by atoms with E-state index in [9.17, 15) is 0 Å². The van der Waals surface area contributed by atoms with Crippen molar-refractivity contribution in [2.45, 2.75) is 0 Å². The first kappa shape index (κ1) is 84.0. The quantitative estimate of drug-likeness (QED) is 0.369. The van der Waals surface area contributed by atoms with Crippen LogP contribution >= 0.6 is 28.5 Å². The summed E-state index contributed by atoms with van der Waals surface area (Å²) in [4.78, 5) is 0. The second-order valence-corrected chi connectivity index (χ2v) is 5.03. The average Bonchev–Trinajstić information content (AvgIpc) is 0.918. The van der Waals surface area contributed by atoms with Crippen LogP contribution in [-0.4, -0.2) is 0 Å². The van der Waals surface area contributed by atoms with Gasteiger partial charge in [0.15, 0.2) is 0 Å². The van der Waals surface area contributed by atoms with Crippen molar-refractivity contribution in [2.75, 3.05) is 0 Å². The standard InChI is InChI=1S/2BrH.6H3N.Ni/h2*1H;6*1H3;/q;;;;;;;;+2/p-2. The fourth-order valence-corrected chi connectivity index (χ4v) is 0. The molecule has 9 heavy (non-hydrogen) atoms. The second-order valence-electron chi connectivity index (χ2n) is 0.0452. The van der Waals surface area contributed by atoms with Gasteiger partial charge in [-0.2, -0.15) is 0 Å². The molecule has 0 aliphatic rings. The first-order valence-electron chi connectivity index (χ1n) is 0.239. The molecule has 0 heterocycles. The summed E-state index contributed by atoms with van der Waals surface area (Å²) in [5, 5.41) is 0. The molecular weight excluding hydrogens is 303 g/mol. The van der Waals surface area contributed by atoms with Crippen LogP contribution in [0.2, 0.25) is 0 Å². The van der Waals surface area contributed by atoms with E-state index in [2.05, 4.69) is 28.5 Å². The van der Waals surface area contributed by atoms with Crippen molar-refractivity contribution in [3.05, 3.63) is 0 Å². The number of halogens is 2. The molecule has 0 aliphatic carbocycles. The van der Waals surface area contributed by atoms with Gasteiger partial charge in [-0.1, -0.05) is 0 Å². The SMILES string of the molecule is N.N.N.N.N.N.[Br][Ni][Br]. The van der Waals surface area contributed by atoms with Gasteiger partial charge in [-0.15, -0.1) is 0 Å². The zero-order valence-electron chi connectivity index (χ0n) is 5.31. The second kappa shape index (κ2) is 127. The molecule has 0 amide bonds. The van der Waals surface area contributed by atoms with E-state index in [1.165, 1.54) is 10.9 Å². The predicted octanol–water partition coefficient (Wildman–Crippen LogP) is 2.66. The van der Waals surface area contributed by atoms with Crippen molar-refractivity contribution >= 4 is 28.5 Å². The third-order valence-electron chi connectivity index (χ3n) is 0. The van der Waals surface area contributed by atoms with E-state index < -0.39 is 0 Å². The Morgan fingerprint density at radius 1 is 0.556 bits per heavy atom. The van der Waals surface area contributed by atoms with Crippen LogP contribution in [0, 0.1) is 0 Å². The van der Waals surface area contributed by atoms with Crippen LogP contribution in [0.25, 0.3) is 0 Å². The fourth-order valence-electron chi connectivity index (χ4n) is 0. The van der Waals surface area contributed by atoms with E-state index in [1.807, 2.05) is 0 Å². The first-order chi connectivity index (χ1) is 1.41. The van der Waals surface area contributed by atoms with E-state index in [-0.39, 0.29) is 36.9 Å². The van der Waals surface area contributed by atoms with Crippen LogP contribution in [0.5, 0.6) is 0 Å². The van der Waals surface area contributed by atoms with Crippen molar-refractivity contribution in [3.8, 4) is 0 Å². The molecule has 0 fully saturated rings. The van der Waals surface area contributed by atoms with E-state index in [0.29, 0.717) is 0 Å². The van der Waals surface area contributed by atoms with Gasteiger partial charge in [0.1, 0.15) is 0 Å². The van der Waals surface area contributed by atoms with Crippen molar-refractivity contribution in [2.24, 2.45) is 0 Å². The molecule has 0 radical (unpaired) electrons. The Hall–Kier alpha value is 1.21. The van der Waals surface area contributed by atoms with Crippen molar-refractivity contribution in [3.63, 3.8) is 0 Å². The summed E-state index contributed by atoms with van der Waals surface area (Å²) in [6.07, 6.45) is 0. The molecule has 0 unspecified atom stereocenters. The molecular formula is H18Br2N6Ni. The molecule has 0 aromatic rings. The molecule has 0 aromatic carbocycles. The zero-order valence-corrected chi connectivity index (χ0v) is 9.47. The fraction of sp³-hybridized carbons (Fsp3) is 0. The van der Waals surface area contributed by atoms with Crippen LogP contribution in [-0.2, 0) is 10.9 Å². The Kier molecular flexibility index (Phi) is 1180. The summed E-state index contributed by atoms with van der Waals surface area (Å²) in [5.74, 6) is 0. The predicted molar refractivity (Wildman–Crippen MR) is 48.0 cm³/mol. The van der Waals surface area contributed by atoms with Gasteiger partial charge in [0.2, 0.25) is 0 Å². The normalized spacial score (nSPS) is 2.44.